The molecule has 1 heterocycles. The van der Waals surface area contributed by atoms with E-state index < -0.39 is 5.92 Å². The molecule has 0 aliphatic heterocycles. The summed E-state index contributed by atoms with van der Waals surface area (Å²) >= 11 is 0. The molecule has 0 bridgehead atoms. The number of nitrogens with two attached hydrogens (primary N) is 2. The van der Waals surface area contributed by atoms with Gasteiger partial charge < -0.3 is 20.6 Å². The molecule has 3 aromatic carbocycles. The average molecular weight is 428 g/mol. The van der Waals surface area contributed by atoms with Crippen LogP contribution in [0.5, 0.6) is 0 Å². The van der Waals surface area contributed by atoms with Crippen molar-refractivity contribution in [3.63, 3.8) is 0 Å². The Morgan fingerprint density at radius 2 is 1.56 bits per heavy atom. The minimum absolute atomic E-state index is 0.00825. The molecule has 6 N–H and O–H groups in total. The van der Waals surface area contributed by atoms with E-state index in [1.54, 1.807) is 31.2 Å². The summed E-state index contributed by atoms with van der Waals surface area (Å²) in [5.74, 6) is -0.518. The molecule has 4 rings (SSSR count). The number of hydrogen-bond donors (Lipinski definition) is 4. The first kappa shape index (κ1) is 21.1. The Morgan fingerprint density at radius 3 is 2.25 bits per heavy atom. The molecule has 1 aromatic heterocycles. The van der Waals surface area contributed by atoms with E-state index in [1.807, 2.05) is 36.4 Å². The molecule has 0 saturated carbocycles. The van der Waals surface area contributed by atoms with Crippen LogP contribution < -0.4 is 11.5 Å². The van der Waals surface area contributed by atoms with Gasteiger partial charge in [0.25, 0.3) is 0 Å². The number of ether oxygens (including phenoxy) is 1. The zero-order chi connectivity index (χ0) is 22.8. The minimum Gasteiger partial charge on any atom is -0.465 e. The summed E-state index contributed by atoms with van der Waals surface area (Å²) in [6, 6.07) is 18.6. The molecule has 0 saturated heterocycles. The fraction of sp³-hybridized carbons (Fsp3) is 0.160. The van der Waals surface area contributed by atoms with Crippen molar-refractivity contribution in [3.8, 4) is 0 Å². The third kappa shape index (κ3) is 4.18. The third-order valence-electron chi connectivity index (χ3n) is 5.42. The molecule has 0 fully saturated rings. The molecule has 1 atom stereocenters. The largest absolute Gasteiger partial charge is 0.465 e. The van der Waals surface area contributed by atoms with Gasteiger partial charge in [0.15, 0.2) is 0 Å². The summed E-state index contributed by atoms with van der Waals surface area (Å²) in [6.45, 7) is 2.04. The highest BCUT2D eigenvalue weighted by molar-refractivity contribution is 5.99. The molecular weight excluding hydrogens is 404 g/mol. The number of benzene rings is 3. The molecule has 1 unspecified atom stereocenters. The van der Waals surface area contributed by atoms with Crippen LogP contribution in [-0.2, 0) is 16.0 Å². The maximum absolute atomic E-state index is 12.8. The van der Waals surface area contributed by atoms with Gasteiger partial charge in [-0.25, -0.2) is 0 Å². The van der Waals surface area contributed by atoms with Crippen molar-refractivity contribution in [2.24, 2.45) is 11.5 Å². The predicted molar refractivity (Wildman–Crippen MR) is 125 cm³/mol. The van der Waals surface area contributed by atoms with Crippen molar-refractivity contribution in [2.75, 3.05) is 6.61 Å². The number of hydrogen-bond acceptors (Lipinski definition) is 5. The van der Waals surface area contributed by atoms with E-state index in [2.05, 4.69) is 0 Å². The first-order chi connectivity index (χ1) is 15.4. The Kier molecular flexibility index (Phi) is 5.64. The number of carbonyl (C=O) groups excluding carboxylic acids is 1. The molecule has 4 aromatic rings. The Bertz CT molecular complexity index is 1360. The zero-order valence-electron chi connectivity index (χ0n) is 17.6. The fourth-order valence-electron chi connectivity index (χ4n) is 3.77. The second-order valence-electron chi connectivity index (χ2n) is 7.63. The smallest absolute Gasteiger partial charge is 0.316 e. The molecule has 7 heteroatoms. The fourth-order valence-corrected chi connectivity index (χ4v) is 3.77. The minimum atomic E-state index is -0.628. The normalized spacial score (nSPS) is 12.0. The Morgan fingerprint density at radius 1 is 0.906 bits per heavy atom. The monoisotopic (exact) mass is 428 g/mol. The molecule has 0 radical (unpaired) electrons. The summed E-state index contributed by atoms with van der Waals surface area (Å²) in [6.07, 6.45) is 0.387. The van der Waals surface area contributed by atoms with Crippen LogP contribution in [0.3, 0.4) is 0 Å². The van der Waals surface area contributed by atoms with Gasteiger partial charge in [0.2, 0.25) is 0 Å². The second-order valence-corrected chi connectivity index (χ2v) is 7.63. The molecule has 32 heavy (non-hydrogen) atoms. The van der Waals surface area contributed by atoms with E-state index in [9.17, 15) is 4.79 Å². The van der Waals surface area contributed by atoms with Gasteiger partial charge in [-0.05, 0) is 60.0 Å². The van der Waals surface area contributed by atoms with Gasteiger partial charge in [0.05, 0.1) is 6.61 Å². The van der Waals surface area contributed by atoms with Crippen LogP contribution >= 0.6 is 0 Å². The van der Waals surface area contributed by atoms with Crippen LogP contribution in [0, 0.1) is 10.8 Å². The number of carbonyl (C=O) groups is 1. The van der Waals surface area contributed by atoms with E-state index in [-0.39, 0.29) is 24.2 Å². The van der Waals surface area contributed by atoms with Crippen molar-refractivity contribution >= 4 is 39.4 Å². The molecule has 0 amide bonds. The van der Waals surface area contributed by atoms with Crippen molar-refractivity contribution < 1.29 is 13.9 Å². The van der Waals surface area contributed by atoms with Gasteiger partial charge in [0, 0.05) is 16.5 Å². The predicted octanol–water partition coefficient (Wildman–Crippen LogP) is 4.04. The maximum Gasteiger partial charge on any atom is 0.316 e. The van der Waals surface area contributed by atoms with Crippen LogP contribution in [0.2, 0.25) is 0 Å². The van der Waals surface area contributed by atoms with Gasteiger partial charge in [-0.3, -0.25) is 15.6 Å². The number of furan rings is 1. The molecule has 0 spiro atoms. The molecular formula is C25H24N4O3. The van der Waals surface area contributed by atoms with Crippen LogP contribution in [0.4, 0.5) is 0 Å². The van der Waals surface area contributed by atoms with E-state index in [0.717, 1.165) is 21.7 Å². The number of nitrogen functional groups attached to an aromatic ring is 2. The molecule has 162 valence electrons. The molecule has 7 nitrogen and oxygen atoms in total. The highest BCUT2D eigenvalue weighted by Crippen LogP contribution is 2.30. The summed E-state index contributed by atoms with van der Waals surface area (Å²) in [5.41, 5.74) is 14.0. The third-order valence-corrected chi connectivity index (χ3v) is 5.42. The molecule has 0 aliphatic rings. The quantitative estimate of drug-likeness (QED) is 0.200. The maximum atomic E-state index is 12.8. The standard InChI is InChI=1S/C25H24N4O3/c1-2-31-25(30)20(22-13-19-12-17(24(28)29)7-8-21(19)32-22)10-14-3-4-15-5-6-16(23(26)27)11-18(15)9-14/h3-9,11-13,20H,2,10H2,1H3,(H3,26,27)(H3,28,29). The Hall–Kier alpha value is -4.13. The second kappa shape index (κ2) is 8.55. The Labute approximate surface area is 185 Å². The number of rotatable bonds is 7. The summed E-state index contributed by atoms with van der Waals surface area (Å²) < 4.78 is 11.3. The van der Waals surface area contributed by atoms with Crippen molar-refractivity contribution in [1.82, 2.24) is 0 Å². The van der Waals surface area contributed by atoms with Crippen molar-refractivity contribution in [3.05, 3.63) is 83.1 Å². The van der Waals surface area contributed by atoms with Crippen LogP contribution in [0.1, 0.15) is 35.3 Å². The summed E-state index contributed by atoms with van der Waals surface area (Å²) in [4.78, 5) is 12.8. The number of amidine groups is 2. The van der Waals surface area contributed by atoms with E-state index in [1.165, 1.54) is 0 Å². The van der Waals surface area contributed by atoms with Gasteiger partial charge >= 0.3 is 5.97 Å². The zero-order valence-corrected chi connectivity index (χ0v) is 17.6. The lowest BCUT2D eigenvalue weighted by Gasteiger charge is -2.14. The highest BCUT2D eigenvalue weighted by Gasteiger charge is 2.26. The number of esters is 1. The number of nitrogens with one attached hydrogen (secondary N) is 2. The summed E-state index contributed by atoms with van der Waals surface area (Å²) in [7, 11) is 0. The first-order valence-electron chi connectivity index (χ1n) is 10.3. The number of fused-ring (bicyclic) bond motifs is 2. The van der Waals surface area contributed by atoms with Gasteiger partial charge in [-0.2, -0.15) is 0 Å². The SMILES string of the molecule is CCOC(=O)C(Cc1ccc2ccc(C(=N)N)cc2c1)c1cc2cc(C(=N)N)ccc2o1. The van der Waals surface area contributed by atoms with Crippen LogP contribution in [-0.4, -0.2) is 24.2 Å². The average Bonchev–Trinajstić information content (AvgIpc) is 3.19. The highest BCUT2D eigenvalue weighted by atomic mass is 16.5. The van der Waals surface area contributed by atoms with Crippen molar-refractivity contribution in [1.29, 1.82) is 10.8 Å². The van der Waals surface area contributed by atoms with Crippen molar-refractivity contribution in [2.45, 2.75) is 19.3 Å². The van der Waals surface area contributed by atoms with Crippen LogP contribution in [0.15, 0.2) is 65.1 Å². The first-order valence-corrected chi connectivity index (χ1v) is 10.3. The van der Waals surface area contributed by atoms with E-state index in [0.29, 0.717) is 28.9 Å². The Balaban J connectivity index is 1.72. The topological polar surface area (TPSA) is 139 Å². The lowest BCUT2D eigenvalue weighted by atomic mass is 9.94. The molecule has 0 aliphatic carbocycles. The van der Waals surface area contributed by atoms with Gasteiger partial charge in [-0.15, -0.1) is 0 Å². The lowest BCUT2D eigenvalue weighted by molar-refractivity contribution is -0.145. The van der Waals surface area contributed by atoms with E-state index in [4.69, 9.17) is 31.4 Å². The van der Waals surface area contributed by atoms with Crippen LogP contribution in [0.25, 0.3) is 21.7 Å². The van der Waals surface area contributed by atoms with E-state index >= 15 is 0 Å². The van der Waals surface area contributed by atoms with Gasteiger partial charge in [-0.1, -0.05) is 30.3 Å². The van der Waals surface area contributed by atoms with Gasteiger partial charge in [0.1, 0.15) is 28.9 Å². The lowest BCUT2D eigenvalue weighted by Crippen LogP contribution is -2.18. The summed E-state index contributed by atoms with van der Waals surface area (Å²) in [5, 5.41) is 18.0.